The molecular weight excluding hydrogens is 298 g/mol. The van der Waals surface area contributed by atoms with Crippen LogP contribution in [0, 0.1) is 5.21 Å². The van der Waals surface area contributed by atoms with Crippen molar-refractivity contribution in [2.75, 3.05) is 12.3 Å². The summed E-state index contributed by atoms with van der Waals surface area (Å²) >= 11 is 0. The Morgan fingerprint density at radius 3 is 2.87 bits per heavy atom. The normalized spacial score (nSPS) is 10.6. The second-order valence-corrected chi connectivity index (χ2v) is 4.77. The Balaban J connectivity index is 2.00. The number of hydrogen-bond acceptors (Lipinski definition) is 7. The third-order valence-electron chi connectivity index (χ3n) is 3.27. The van der Waals surface area contributed by atoms with Crippen LogP contribution in [0.5, 0.6) is 5.75 Å². The number of methoxy groups -OCH3 is 1. The molecule has 118 valence electrons. The maximum atomic E-state index is 11.1. The van der Waals surface area contributed by atoms with Gasteiger partial charge >= 0.3 is 0 Å². The maximum absolute atomic E-state index is 11.1. The quantitative estimate of drug-likeness (QED) is 0.720. The fraction of sp³-hybridized carbons (Fsp3) is 0.133. The fourth-order valence-corrected chi connectivity index (χ4v) is 2.20. The number of nitrogens with zero attached hydrogens (tertiary/aromatic N) is 5. The van der Waals surface area contributed by atoms with E-state index in [0.29, 0.717) is 23.6 Å². The number of rotatable bonds is 5. The van der Waals surface area contributed by atoms with Gasteiger partial charge in [0.25, 0.3) is 0 Å². The SMILES string of the molecule is COc1ccc(Cn2cncn2)nc1-c1cccc(N([O-])O)c1. The van der Waals surface area contributed by atoms with Crippen molar-refractivity contribution in [2.24, 2.45) is 0 Å². The summed E-state index contributed by atoms with van der Waals surface area (Å²) in [4.78, 5) is 8.47. The molecule has 0 saturated carbocycles. The largest absolute Gasteiger partial charge is 0.733 e. The van der Waals surface area contributed by atoms with E-state index in [2.05, 4.69) is 15.1 Å². The molecule has 0 spiro atoms. The molecule has 3 rings (SSSR count). The Hall–Kier alpha value is -2.97. The molecule has 0 amide bonds. The first kappa shape index (κ1) is 14.9. The van der Waals surface area contributed by atoms with E-state index in [4.69, 9.17) is 9.94 Å². The smallest absolute Gasteiger partial charge is 0.145 e. The molecule has 1 N–H and O–H groups in total. The summed E-state index contributed by atoms with van der Waals surface area (Å²) in [5.41, 5.74) is 2.12. The molecule has 0 bridgehead atoms. The Labute approximate surface area is 132 Å². The van der Waals surface area contributed by atoms with Gasteiger partial charge in [-0.15, -0.1) is 0 Å². The number of aromatic nitrogens is 4. The summed E-state index contributed by atoms with van der Waals surface area (Å²) in [5, 5.41) is 24.0. The molecule has 8 nitrogen and oxygen atoms in total. The van der Waals surface area contributed by atoms with Crippen LogP contribution in [0.25, 0.3) is 11.3 Å². The molecule has 3 aromatic rings. The topological polar surface area (TPSA) is 99.4 Å². The van der Waals surface area contributed by atoms with Gasteiger partial charge in [0.05, 0.1) is 25.0 Å². The van der Waals surface area contributed by atoms with Gasteiger partial charge in [-0.05, 0) is 24.3 Å². The lowest BCUT2D eigenvalue weighted by Gasteiger charge is -2.22. The first-order chi connectivity index (χ1) is 11.2. The van der Waals surface area contributed by atoms with Crippen molar-refractivity contribution in [2.45, 2.75) is 6.54 Å². The van der Waals surface area contributed by atoms with Crippen molar-refractivity contribution < 1.29 is 9.94 Å². The zero-order valence-corrected chi connectivity index (χ0v) is 12.3. The molecule has 1 aromatic carbocycles. The molecular formula is C15H14N5O3-. The van der Waals surface area contributed by atoms with Gasteiger partial charge < -0.3 is 15.2 Å². The summed E-state index contributed by atoms with van der Waals surface area (Å²) in [7, 11) is 1.55. The molecule has 0 atom stereocenters. The van der Waals surface area contributed by atoms with Crippen LogP contribution in [0.1, 0.15) is 5.69 Å². The van der Waals surface area contributed by atoms with Gasteiger partial charge in [-0.3, -0.25) is 5.21 Å². The minimum absolute atomic E-state index is 0.119. The molecule has 2 aromatic heterocycles. The van der Waals surface area contributed by atoms with Crippen LogP contribution in [0.4, 0.5) is 5.69 Å². The van der Waals surface area contributed by atoms with Crippen molar-refractivity contribution in [3.63, 3.8) is 0 Å². The second-order valence-electron chi connectivity index (χ2n) is 4.77. The molecule has 0 unspecified atom stereocenters. The zero-order chi connectivity index (χ0) is 16.2. The van der Waals surface area contributed by atoms with E-state index in [9.17, 15) is 5.21 Å². The number of pyridine rings is 1. The van der Waals surface area contributed by atoms with E-state index in [0.717, 1.165) is 5.69 Å². The summed E-state index contributed by atoms with van der Waals surface area (Å²) in [6.07, 6.45) is 3.06. The van der Waals surface area contributed by atoms with Crippen LogP contribution in [-0.2, 0) is 6.54 Å². The Morgan fingerprint density at radius 1 is 1.30 bits per heavy atom. The van der Waals surface area contributed by atoms with Crippen LogP contribution in [0.15, 0.2) is 49.1 Å². The standard InChI is InChI=1S/C15H14N5O3/c1-23-14-6-5-12(8-19-10-16-9-17-19)18-15(14)11-3-2-4-13(7-11)20(21)22/h2-7,9-10,21H,8H2,1H3/q-1. The van der Waals surface area contributed by atoms with Crippen LogP contribution in [0.2, 0.25) is 0 Å². The number of ether oxygens (including phenoxy) is 1. The molecule has 0 saturated heterocycles. The number of benzene rings is 1. The third kappa shape index (κ3) is 3.28. The second kappa shape index (κ2) is 6.42. The first-order valence-electron chi connectivity index (χ1n) is 6.80. The van der Waals surface area contributed by atoms with E-state index >= 15 is 0 Å². The molecule has 2 heterocycles. The van der Waals surface area contributed by atoms with Crippen molar-refractivity contribution >= 4 is 5.69 Å². The van der Waals surface area contributed by atoms with Gasteiger partial charge in [-0.1, -0.05) is 12.1 Å². The van der Waals surface area contributed by atoms with Crippen molar-refractivity contribution in [1.82, 2.24) is 19.7 Å². The number of hydrogen-bond donors (Lipinski definition) is 1. The van der Waals surface area contributed by atoms with Crippen molar-refractivity contribution in [3.05, 3.63) is 60.0 Å². The van der Waals surface area contributed by atoms with Gasteiger partial charge in [0.2, 0.25) is 0 Å². The highest BCUT2D eigenvalue weighted by Crippen LogP contribution is 2.30. The van der Waals surface area contributed by atoms with Crippen molar-refractivity contribution in [1.29, 1.82) is 0 Å². The Bertz CT molecular complexity index is 790. The molecule has 0 aliphatic rings. The molecule has 0 aliphatic carbocycles. The predicted molar refractivity (Wildman–Crippen MR) is 83.0 cm³/mol. The lowest BCUT2D eigenvalue weighted by atomic mass is 10.1. The highest BCUT2D eigenvalue weighted by atomic mass is 16.8. The minimum Gasteiger partial charge on any atom is -0.733 e. The maximum Gasteiger partial charge on any atom is 0.145 e. The van der Waals surface area contributed by atoms with Crippen molar-refractivity contribution in [3.8, 4) is 17.0 Å². The minimum atomic E-state index is -0.185. The average Bonchev–Trinajstić information content (AvgIpc) is 3.08. The average molecular weight is 312 g/mol. The first-order valence-corrected chi connectivity index (χ1v) is 6.80. The lowest BCUT2D eigenvalue weighted by Crippen LogP contribution is -2.07. The molecule has 23 heavy (non-hydrogen) atoms. The van der Waals surface area contributed by atoms with E-state index < -0.39 is 0 Å². The van der Waals surface area contributed by atoms with Crippen LogP contribution in [0.3, 0.4) is 0 Å². The summed E-state index contributed by atoms with van der Waals surface area (Å²) < 4.78 is 6.99. The lowest BCUT2D eigenvalue weighted by molar-refractivity contribution is 0.296. The van der Waals surface area contributed by atoms with E-state index in [-0.39, 0.29) is 10.9 Å². The molecule has 8 heteroatoms. The molecule has 0 aliphatic heterocycles. The molecule has 0 fully saturated rings. The highest BCUT2D eigenvalue weighted by Gasteiger charge is 2.10. The van der Waals surface area contributed by atoms with Crippen LogP contribution >= 0.6 is 0 Å². The van der Waals surface area contributed by atoms with Gasteiger partial charge in [0, 0.05) is 5.56 Å². The highest BCUT2D eigenvalue weighted by molar-refractivity contribution is 5.70. The third-order valence-corrected chi connectivity index (χ3v) is 3.27. The van der Waals surface area contributed by atoms with Crippen LogP contribution in [-0.4, -0.2) is 32.1 Å². The predicted octanol–water partition coefficient (Wildman–Crippen LogP) is 2.09. The summed E-state index contributed by atoms with van der Waals surface area (Å²) in [6.45, 7) is 0.463. The van der Waals surface area contributed by atoms with Crippen LogP contribution < -0.4 is 9.96 Å². The van der Waals surface area contributed by atoms with Gasteiger partial charge in [-0.25, -0.2) is 14.6 Å². The van der Waals surface area contributed by atoms with Gasteiger partial charge in [0.1, 0.15) is 24.1 Å². The Kier molecular flexibility index (Phi) is 4.18. The Morgan fingerprint density at radius 2 is 2.17 bits per heavy atom. The van der Waals surface area contributed by atoms with E-state index in [1.54, 1.807) is 36.3 Å². The summed E-state index contributed by atoms with van der Waals surface area (Å²) in [5.74, 6) is 0.569. The number of anilines is 1. The zero-order valence-electron chi connectivity index (χ0n) is 12.3. The van der Waals surface area contributed by atoms with E-state index in [1.807, 2.05) is 6.07 Å². The fourth-order valence-electron chi connectivity index (χ4n) is 2.20. The summed E-state index contributed by atoms with van der Waals surface area (Å²) in [6, 6.07) is 10.1. The molecule has 0 radical (unpaired) electrons. The van der Waals surface area contributed by atoms with Gasteiger partial charge in [0.15, 0.2) is 0 Å². The van der Waals surface area contributed by atoms with E-state index in [1.165, 1.54) is 18.5 Å². The monoisotopic (exact) mass is 312 g/mol. The van der Waals surface area contributed by atoms with Gasteiger partial charge in [-0.2, -0.15) is 5.10 Å².